The second-order valence-electron chi connectivity index (χ2n) is 5.78. The highest BCUT2D eigenvalue weighted by atomic mass is 32.1. The quantitative estimate of drug-likeness (QED) is 0.427. The number of alkyl halides is 6. The zero-order valence-electron chi connectivity index (χ0n) is 14.3. The fraction of sp³-hybridized carbons (Fsp3) is 0.235. The van der Waals surface area contributed by atoms with Crippen LogP contribution in [0.5, 0.6) is 0 Å². The van der Waals surface area contributed by atoms with Crippen LogP contribution in [0.4, 0.5) is 26.3 Å². The smallest absolute Gasteiger partial charge is 0.435 e. The lowest BCUT2D eigenvalue weighted by molar-refractivity contribution is -0.147. The molecule has 0 saturated heterocycles. The average molecular weight is 435 g/mol. The first kappa shape index (κ1) is 20.8. The zero-order valence-corrected chi connectivity index (χ0v) is 15.1. The Kier molecular flexibility index (Phi) is 5.64. The van der Waals surface area contributed by atoms with Gasteiger partial charge >= 0.3 is 18.3 Å². The van der Waals surface area contributed by atoms with E-state index in [9.17, 15) is 31.1 Å². The number of hydrogen-bond donors (Lipinski definition) is 0. The number of nitrogens with zero attached hydrogens (tertiary/aromatic N) is 3. The summed E-state index contributed by atoms with van der Waals surface area (Å²) >= 11 is 1.15. The second-order valence-corrected chi connectivity index (χ2v) is 6.63. The minimum Gasteiger partial charge on any atom is -0.458 e. The number of hydrogen-bond acceptors (Lipinski definition) is 5. The summed E-state index contributed by atoms with van der Waals surface area (Å²) in [5.41, 5.74) is -1.07. The molecule has 12 heteroatoms. The highest BCUT2D eigenvalue weighted by Gasteiger charge is 2.33. The minimum absolute atomic E-state index is 0.233. The van der Waals surface area contributed by atoms with E-state index in [-0.39, 0.29) is 6.61 Å². The van der Waals surface area contributed by atoms with E-state index in [1.165, 1.54) is 12.1 Å². The van der Waals surface area contributed by atoms with Crippen LogP contribution in [0.1, 0.15) is 17.0 Å². The van der Waals surface area contributed by atoms with Gasteiger partial charge in [-0.2, -0.15) is 31.4 Å². The largest absolute Gasteiger partial charge is 0.458 e. The molecule has 0 aliphatic rings. The third-order valence-corrected chi connectivity index (χ3v) is 4.55. The minimum atomic E-state index is -4.61. The first-order chi connectivity index (χ1) is 13.5. The normalized spacial score (nSPS) is 12.2. The van der Waals surface area contributed by atoms with Crippen molar-refractivity contribution in [3.05, 3.63) is 58.9 Å². The molecule has 0 atom stereocenters. The molecule has 154 valence electrons. The number of carbonyl (C=O) groups excluding carboxylic acids is 1. The zero-order chi connectivity index (χ0) is 21.2. The van der Waals surface area contributed by atoms with E-state index in [1.807, 2.05) is 0 Å². The van der Waals surface area contributed by atoms with Crippen LogP contribution in [-0.4, -0.2) is 20.7 Å². The molecule has 0 spiro atoms. The highest BCUT2D eigenvalue weighted by Crippen LogP contribution is 2.32. The molecule has 0 saturated carbocycles. The van der Waals surface area contributed by atoms with E-state index >= 15 is 0 Å². The maximum atomic E-state index is 12.6. The van der Waals surface area contributed by atoms with Gasteiger partial charge in [0.1, 0.15) is 18.2 Å². The Morgan fingerprint density at radius 2 is 1.72 bits per heavy atom. The molecule has 0 N–H and O–H groups in total. The molecular weight excluding hydrogens is 424 g/mol. The van der Waals surface area contributed by atoms with Crippen LogP contribution in [0.2, 0.25) is 0 Å². The summed E-state index contributed by atoms with van der Waals surface area (Å²) in [6.07, 6.45) is -8.03. The Balaban J connectivity index is 1.56. The van der Waals surface area contributed by atoms with Gasteiger partial charge < -0.3 is 4.74 Å². The topological polar surface area (TPSA) is 57.0 Å². The summed E-state index contributed by atoms with van der Waals surface area (Å²) in [4.78, 5) is 15.9. The Morgan fingerprint density at radius 1 is 1.03 bits per heavy atom. The third kappa shape index (κ3) is 5.34. The predicted octanol–water partition coefficient (Wildman–Crippen LogP) is 4.79. The summed E-state index contributed by atoms with van der Waals surface area (Å²) in [7, 11) is 0. The molecule has 0 fully saturated rings. The van der Waals surface area contributed by atoms with Gasteiger partial charge in [-0.05, 0) is 18.2 Å². The number of thiazole rings is 1. The van der Waals surface area contributed by atoms with Crippen molar-refractivity contribution in [1.82, 2.24) is 14.8 Å². The predicted molar refractivity (Wildman–Crippen MR) is 89.6 cm³/mol. The Bertz CT molecular complexity index is 992. The van der Waals surface area contributed by atoms with Crippen molar-refractivity contribution in [2.24, 2.45) is 0 Å². The highest BCUT2D eigenvalue weighted by molar-refractivity contribution is 7.13. The van der Waals surface area contributed by atoms with Gasteiger partial charge in [-0.15, -0.1) is 11.3 Å². The maximum Gasteiger partial charge on any atom is 0.435 e. The van der Waals surface area contributed by atoms with Crippen molar-refractivity contribution in [1.29, 1.82) is 0 Å². The van der Waals surface area contributed by atoms with Gasteiger partial charge in [0.05, 0.1) is 11.3 Å². The number of ether oxygens (including phenoxy) is 1. The van der Waals surface area contributed by atoms with Crippen LogP contribution < -0.4 is 0 Å². The van der Waals surface area contributed by atoms with Crippen molar-refractivity contribution < 1.29 is 35.9 Å². The molecule has 3 aromatic rings. The number of carbonyl (C=O) groups is 1. The second kappa shape index (κ2) is 7.85. The number of benzene rings is 1. The van der Waals surface area contributed by atoms with E-state index in [0.717, 1.165) is 40.4 Å². The van der Waals surface area contributed by atoms with Crippen molar-refractivity contribution in [3.63, 3.8) is 0 Å². The Hall–Kier alpha value is -2.89. The molecule has 0 radical (unpaired) electrons. The number of esters is 1. The Morgan fingerprint density at radius 3 is 2.31 bits per heavy atom. The fourth-order valence-corrected chi connectivity index (χ4v) is 3.05. The third-order valence-electron chi connectivity index (χ3n) is 3.61. The van der Waals surface area contributed by atoms with E-state index in [1.54, 1.807) is 5.38 Å². The van der Waals surface area contributed by atoms with Gasteiger partial charge in [0, 0.05) is 17.1 Å². The summed E-state index contributed by atoms with van der Waals surface area (Å²) < 4.78 is 81.0. The van der Waals surface area contributed by atoms with Crippen LogP contribution in [0.3, 0.4) is 0 Å². The summed E-state index contributed by atoms with van der Waals surface area (Å²) in [6, 6.07) is 5.19. The van der Waals surface area contributed by atoms with Crippen LogP contribution in [0.25, 0.3) is 10.6 Å². The molecule has 29 heavy (non-hydrogen) atoms. The summed E-state index contributed by atoms with van der Waals surface area (Å²) in [6.45, 7) is -0.741. The lowest BCUT2D eigenvalue weighted by Crippen LogP contribution is -2.15. The van der Waals surface area contributed by atoms with E-state index in [2.05, 4.69) is 10.1 Å². The fourth-order valence-electron chi connectivity index (χ4n) is 2.24. The molecule has 0 bridgehead atoms. The summed E-state index contributed by atoms with van der Waals surface area (Å²) in [5, 5.41) is 5.24. The van der Waals surface area contributed by atoms with Crippen molar-refractivity contribution in [2.75, 3.05) is 0 Å². The molecule has 0 aliphatic carbocycles. The molecular formula is C17H11F6N3O2S. The molecule has 0 aliphatic heterocycles. The lowest BCUT2D eigenvalue weighted by Gasteiger charge is -2.06. The Labute approximate surface area is 163 Å². The SMILES string of the molecule is O=C(Cn1ccc(C(F)(F)F)n1)OCc1csc(-c2ccc(C(F)(F)F)cc2)n1. The summed E-state index contributed by atoms with van der Waals surface area (Å²) in [5.74, 6) is -0.814. The van der Waals surface area contributed by atoms with E-state index in [4.69, 9.17) is 4.74 Å². The van der Waals surface area contributed by atoms with Crippen molar-refractivity contribution in [2.45, 2.75) is 25.5 Å². The standard InChI is InChI=1S/C17H11F6N3O2S/c18-16(19,20)11-3-1-10(2-4-11)15-24-12(9-29-15)8-28-14(27)7-26-6-5-13(25-26)17(21,22)23/h1-6,9H,7-8H2. The first-order valence-electron chi connectivity index (χ1n) is 7.91. The van der Waals surface area contributed by atoms with Crippen LogP contribution in [-0.2, 0) is 35.0 Å². The maximum absolute atomic E-state index is 12.6. The van der Waals surface area contributed by atoms with Gasteiger partial charge in [-0.25, -0.2) is 4.98 Å². The van der Waals surface area contributed by atoms with E-state index < -0.39 is 36.1 Å². The van der Waals surface area contributed by atoms with Gasteiger partial charge in [-0.3, -0.25) is 9.48 Å². The van der Waals surface area contributed by atoms with Crippen LogP contribution >= 0.6 is 11.3 Å². The first-order valence-corrected chi connectivity index (χ1v) is 8.78. The van der Waals surface area contributed by atoms with Crippen molar-refractivity contribution in [3.8, 4) is 10.6 Å². The number of aromatic nitrogens is 3. The average Bonchev–Trinajstić information content (AvgIpc) is 3.28. The molecule has 5 nitrogen and oxygen atoms in total. The van der Waals surface area contributed by atoms with Crippen molar-refractivity contribution >= 4 is 17.3 Å². The molecule has 2 heterocycles. The monoisotopic (exact) mass is 435 g/mol. The van der Waals surface area contributed by atoms with Gasteiger partial charge in [0.2, 0.25) is 0 Å². The van der Waals surface area contributed by atoms with Gasteiger partial charge in [-0.1, -0.05) is 12.1 Å². The van der Waals surface area contributed by atoms with Crippen LogP contribution in [0.15, 0.2) is 41.9 Å². The lowest BCUT2D eigenvalue weighted by atomic mass is 10.1. The molecule has 0 unspecified atom stereocenters. The molecule has 3 rings (SSSR count). The molecule has 2 aromatic heterocycles. The van der Waals surface area contributed by atoms with E-state index in [0.29, 0.717) is 16.3 Å². The van der Waals surface area contributed by atoms with Crippen LogP contribution in [0, 0.1) is 0 Å². The number of halogens is 6. The van der Waals surface area contributed by atoms with Gasteiger partial charge in [0.15, 0.2) is 5.69 Å². The molecule has 1 aromatic carbocycles. The molecule has 0 amide bonds. The van der Waals surface area contributed by atoms with Gasteiger partial charge in [0.25, 0.3) is 0 Å². The number of rotatable bonds is 5.